The van der Waals surface area contributed by atoms with Gasteiger partial charge in [-0.25, -0.2) is 9.67 Å². The second-order valence-electron chi connectivity index (χ2n) is 8.43. The second kappa shape index (κ2) is 8.51. The highest BCUT2D eigenvalue weighted by atomic mass is 32.1. The first kappa shape index (κ1) is 21.6. The molecule has 0 aliphatic heterocycles. The van der Waals surface area contributed by atoms with Crippen LogP contribution in [0.5, 0.6) is 0 Å². The smallest absolute Gasteiger partial charge is 0.264 e. The molecule has 0 unspecified atom stereocenters. The molecule has 1 amide bonds. The standard InChI is InChI=1S/C23H23N5O3S/c1-23(2,3)22(31)24-11-16-9-10-19(32-16)18(29)13-27-14-25-20-17(21(27)30)12-26-28(20)15-7-5-4-6-8-15/h4-10,12,14H,11,13H2,1-3H3,(H,24,31). The number of aromatic nitrogens is 4. The molecule has 164 valence electrons. The molecule has 0 fully saturated rings. The highest BCUT2D eigenvalue weighted by molar-refractivity contribution is 7.14. The fraction of sp³-hybridized carbons (Fsp3) is 0.261. The zero-order valence-electron chi connectivity index (χ0n) is 18.0. The minimum absolute atomic E-state index is 0.0549. The number of nitrogens with zero attached hydrogens (tertiary/aromatic N) is 4. The molecule has 0 spiro atoms. The van der Waals surface area contributed by atoms with Crippen molar-refractivity contribution in [2.45, 2.75) is 33.9 Å². The summed E-state index contributed by atoms with van der Waals surface area (Å²) in [6, 6.07) is 12.9. The van der Waals surface area contributed by atoms with E-state index in [4.69, 9.17) is 0 Å². The fourth-order valence-corrected chi connectivity index (χ4v) is 3.98. The first-order valence-electron chi connectivity index (χ1n) is 10.1. The maximum absolute atomic E-state index is 12.9. The summed E-state index contributed by atoms with van der Waals surface area (Å²) in [5.41, 5.74) is 0.447. The van der Waals surface area contributed by atoms with Crippen LogP contribution in [0.1, 0.15) is 35.3 Å². The SMILES string of the molecule is CC(C)(C)C(=O)NCc1ccc(C(=O)Cn2cnc3c(cnn3-c3ccccc3)c2=O)s1. The largest absolute Gasteiger partial charge is 0.351 e. The van der Waals surface area contributed by atoms with Crippen LogP contribution in [0.4, 0.5) is 0 Å². The van der Waals surface area contributed by atoms with Gasteiger partial charge in [-0.1, -0.05) is 39.0 Å². The minimum atomic E-state index is -0.475. The fourth-order valence-electron chi connectivity index (χ4n) is 3.11. The van der Waals surface area contributed by atoms with E-state index in [0.29, 0.717) is 22.5 Å². The maximum Gasteiger partial charge on any atom is 0.264 e. The normalized spacial score (nSPS) is 11.6. The lowest BCUT2D eigenvalue weighted by Crippen LogP contribution is -2.34. The molecule has 32 heavy (non-hydrogen) atoms. The van der Waals surface area contributed by atoms with E-state index < -0.39 is 5.41 Å². The number of thiophene rings is 1. The predicted octanol–water partition coefficient (Wildman–Crippen LogP) is 3.19. The number of rotatable bonds is 6. The van der Waals surface area contributed by atoms with Crippen molar-refractivity contribution in [3.05, 3.63) is 75.1 Å². The summed E-state index contributed by atoms with van der Waals surface area (Å²) >= 11 is 1.31. The Labute approximate surface area is 188 Å². The Kier molecular flexibility index (Phi) is 5.75. The van der Waals surface area contributed by atoms with Crippen LogP contribution >= 0.6 is 11.3 Å². The number of hydrogen-bond donors (Lipinski definition) is 1. The van der Waals surface area contributed by atoms with Crippen molar-refractivity contribution in [2.24, 2.45) is 5.41 Å². The Bertz CT molecular complexity index is 1350. The molecule has 4 rings (SSSR count). The molecule has 8 nitrogen and oxygen atoms in total. The quantitative estimate of drug-likeness (QED) is 0.456. The topological polar surface area (TPSA) is 98.9 Å². The van der Waals surface area contributed by atoms with E-state index in [0.717, 1.165) is 10.6 Å². The van der Waals surface area contributed by atoms with Gasteiger partial charge in [-0.05, 0) is 24.3 Å². The van der Waals surface area contributed by atoms with Gasteiger partial charge in [0.15, 0.2) is 11.4 Å². The Morgan fingerprint density at radius 2 is 1.84 bits per heavy atom. The predicted molar refractivity (Wildman–Crippen MR) is 123 cm³/mol. The molecular formula is C23H23N5O3S. The molecule has 0 aliphatic carbocycles. The van der Waals surface area contributed by atoms with Crippen LogP contribution < -0.4 is 10.9 Å². The molecule has 0 aliphatic rings. The number of carbonyl (C=O) groups excluding carboxylic acids is 2. The summed E-state index contributed by atoms with van der Waals surface area (Å²) in [6.07, 6.45) is 2.85. The molecule has 0 saturated carbocycles. The lowest BCUT2D eigenvalue weighted by atomic mass is 9.96. The molecule has 0 saturated heterocycles. The average molecular weight is 450 g/mol. The zero-order chi connectivity index (χ0) is 22.9. The second-order valence-corrected chi connectivity index (χ2v) is 9.60. The van der Waals surface area contributed by atoms with E-state index in [1.165, 1.54) is 28.4 Å². The number of para-hydroxylation sites is 1. The maximum atomic E-state index is 12.9. The number of amides is 1. The summed E-state index contributed by atoms with van der Waals surface area (Å²) in [5.74, 6) is -0.247. The van der Waals surface area contributed by atoms with Gasteiger partial charge in [-0.15, -0.1) is 11.3 Å². The van der Waals surface area contributed by atoms with Gasteiger partial charge in [0.1, 0.15) is 11.7 Å². The van der Waals surface area contributed by atoms with Crippen LogP contribution in [-0.4, -0.2) is 31.0 Å². The van der Waals surface area contributed by atoms with E-state index in [1.54, 1.807) is 10.7 Å². The molecule has 0 atom stereocenters. The summed E-state index contributed by atoms with van der Waals surface area (Å²) in [5, 5.41) is 7.50. The van der Waals surface area contributed by atoms with Crippen molar-refractivity contribution in [3.8, 4) is 5.69 Å². The monoisotopic (exact) mass is 449 g/mol. The summed E-state index contributed by atoms with van der Waals surface area (Å²) < 4.78 is 2.89. The van der Waals surface area contributed by atoms with Gasteiger partial charge in [0.05, 0.1) is 29.9 Å². The molecule has 9 heteroatoms. The number of hydrogen-bond acceptors (Lipinski definition) is 6. The van der Waals surface area contributed by atoms with E-state index >= 15 is 0 Å². The highest BCUT2D eigenvalue weighted by Gasteiger charge is 2.21. The average Bonchev–Trinajstić information content (AvgIpc) is 3.41. The Balaban J connectivity index is 1.50. The van der Waals surface area contributed by atoms with Gasteiger partial charge in [0.25, 0.3) is 5.56 Å². The lowest BCUT2D eigenvalue weighted by molar-refractivity contribution is -0.128. The van der Waals surface area contributed by atoms with E-state index in [2.05, 4.69) is 15.4 Å². The molecule has 1 N–H and O–H groups in total. The van der Waals surface area contributed by atoms with E-state index in [9.17, 15) is 14.4 Å². The molecular weight excluding hydrogens is 426 g/mol. The third-order valence-corrected chi connectivity index (χ3v) is 6.04. The molecule has 3 aromatic heterocycles. The number of benzene rings is 1. The van der Waals surface area contributed by atoms with E-state index in [1.807, 2.05) is 57.2 Å². The Hall–Kier alpha value is -3.59. The summed E-state index contributed by atoms with van der Waals surface area (Å²) in [7, 11) is 0. The van der Waals surface area contributed by atoms with Crippen LogP contribution in [0.2, 0.25) is 0 Å². The van der Waals surface area contributed by atoms with E-state index in [-0.39, 0.29) is 23.8 Å². The first-order valence-corrected chi connectivity index (χ1v) is 10.9. The van der Waals surface area contributed by atoms with Gasteiger partial charge < -0.3 is 5.32 Å². The van der Waals surface area contributed by atoms with Crippen molar-refractivity contribution >= 4 is 34.1 Å². The minimum Gasteiger partial charge on any atom is -0.351 e. The number of carbonyl (C=O) groups is 2. The number of ketones is 1. The summed E-state index contributed by atoms with van der Waals surface area (Å²) in [4.78, 5) is 43.4. The Morgan fingerprint density at radius 3 is 2.56 bits per heavy atom. The van der Waals surface area contributed by atoms with Gasteiger partial charge in [0, 0.05) is 10.3 Å². The third-order valence-electron chi connectivity index (χ3n) is 4.91. The lowest BCUT2D eigenvalue weighted by Gasteiger charge is -2.17. The van der Waals surface area contributed by atoms with Gasteiger partial charge >= 0.3 is 0 Å². The first-order chi connectivity index (χ1) is 15.2. The van der Waals surface area contributed by atoms with Crippen LogP contribution in [0.3, 0.4) is 0 Å². The van der Waals surface area contributed by atoms with Gasteiger partial charge in [0.2, 0.25) is 5.91 Å². The van der Waals surface area contributed by atoms with Gasteiger partial charge in [-0.3, -0.25) is 19.0 Å². The van der Waals surface area contributed by atoms with Crippen LogP contribution in [0, 0.1) is 5.41 Å². The van der Waals surface area contributed by atoms with Crippen LogP contribution in [0.25, 0.3) is 16.7 Å². The molecule has 3 heterocycles. The van der Waals surface area contributed by atoms with Crippen molar-refractivity contribution in [1.82, 2.24) is 24.6 Å². The van der Waals surface area contributed by atoms with Crippen LogP contribution in [-0.2, 0) is 17.9 Å². The van der Waals surface area contributed by atoms with Crippen molar-refractivity contribution in [3.63, 3.8) is 0 Å². The molecule has 4 aromatic rings. The number of Topliss-reactive ketones (excluding diaryl/α,β-unsaturated/α-hetero) is 1. The third kappa shape index (κ3) is 4.38. The Morgan fingerprint density at radius 1 is 1.09 bits per heavy atom. The molecule has 0 radical (unpaired) electrons. The zero-order valence-corrected chi connectivity index (χ0v) is 18.8. The van der Waals surface area contributed by atoms with Crippen molar-refractivity contribution in [1.29, 1.82) is 0 Å². The van der Waals surface area contributed by atoms with Gasteiger partial charge in [-0.2, -0.15) is 5.10 Å². The summed E-state index contributed by atoms with van der Waals surface area (Å²) in [6.45, 7) is 5.78. The van der Waals surface area contributed by atoms with Crippen LogP contribution in [0.15, 0.2) is 59.8 Å². The number of nitrogens with one attached hydrogen (secondary N) is 1. The highest BCUT2D eigenvalue weighted by Crippen LogP contribution is 2.19. The van der Waals surface area contributed by atoms with Crippen molar-refractivity contribution in [2.75, 3.05) is 0 Å². The molecule has 1 aromatic carbocycles. The number of fused-ring (bicyclic) bond motifs is 1. The molecule has 0 bridgehead atoms. The van der Waals surface area contributed by atoms with Crippen molar-refractivity contribution < 1.29 is 9.59 Å².